The Kier molecular flexibility index (Phi) is 11.4. The Balaban J connectivity index is 2.05. The zero-order valence-corrected chi connectivity index (χ0v) is 25.1. The van der Waals surface area contributed by atoms with E-state index < -0.39 is 54.0 Å². The number of amides is 2. The van der Waals surface area contributed by atoms with Crippen molar-refractivity contribution in [3.63, 3.8) is 0 Å². The van der Waals surface area contributed by atoms with E-state index in [-0.39, 0.29) is 47.3 Å². The van der Waals surface area contributed by atoms with Crippen molar-refractivity contribution < 1.29 is 37.8 Å². The zero-order valence-electron chi connectivity index (χ0n) is 25.1. The van der Waals surface area contributed by atoms with Crippen LogP contribution in [0.25, 0.3) is 0 Å². The number of nitrogens with one attached hydrogen (secondary N) is 2. The van der Waals surface area contributed by atoms with Crippen molar-refractivity contribution in [2.24, 2.45) is 17.6 Å². The minimum absolute atomic E-state index is 0.118. The average Bonchev–Trinajstić information content (AvgIpc) is 3.76. The molecule has 3 rings (SSSR count). The number of primary amides is 1. The Morgan fingerprint density at radius 2 is 1.81 bits per heavy atom. The fourth-order valence-electron chi connectivity index (χ4n) is 5.15. The van der Waals surface area contributed by atoms with Gasteiger partial charge in [-0.1, -0.05) is 38.2 Å². The van der Waals surface area contributed by atoms with Crippen LogP contribution < -0.4 is 16.4 Å². The van der Waals surface area contributed by atoms with Crippen molar-refractivity contribution in [1.29, 1.82) is 0 Å². The molecule has 0 aromatic rings. The van der Waals surface area contributed by atoms with Gasteiger partial charge in [0.15, 0.2) is 6.10 Å². The SMILES string of the molecule is CO[C@H]1/C=C\C=C(/C)C(=O)NC2=CC(=O)C(NC3CC3)=C(C[C@@H](C)C[C@H](OC)[C@@H](F)[C@@H](C)/C=C(\C)[C@@H]1OC(N)=O)C2=O. The number of carbonyl (C=O) groups excluding carboxylic acids is 4. The molecule has 2 amide bonds. The normalized spacial score (nSPS) is 33.5. The van der Waals surface area contributed by atoms with Crippen molar-refractivity contribution in [2.45, 2.75) is 83.9 Å². The topological polar surface area (TPSA) is 146 Å². The van der Waals surface area contributed by atoms with Crippen LogP contribution >= 0.6 is 0 Å². The average molecular weight is 588 g/mol. The van der Waals surface area contributed by atoms with E-state index in [1.807, 2.05) is 6.92 Å². The Labute approximate surface area is 246 Å². The van der Waals surface area contributed by atoms with Gasteiger partial charge >= 0.3 is 6.09 Å². The smallest absolute Gasteiger partial charge is 0.405 e. The number of ether oxygens (including phenoxy) is 3. The lowest BCUT2D eigenvalue weighted by Crippen LogP contribution is -2.37. The molecule has 1 saturated carbocycles. The van der Waals surface area contributed by atoms with Gasteiger partial charge in [0, 0.05) is 43.4 Å². The first kappa shape index (κ1) is 32.9. The van der Waals surface area contributed by atoms with Gasteiger partial charge < -0.3 is 30.6 Å². The van der Waals surface area contributed by atoms with Gasteiger partial charge in [0.2, 0.25) is 11.6 Å². The molecule has 0 unspecified atom stereocenters. The van der Waals surface area contributed by atoms with Gasteiger partial charge in [0.25, 0.3) is 5.91 Å². The second-order valence-electron chi connectivity index (χ2n) is 11.3. The lowest BCUT2D eigenvalue weighted by Gasteiger charge is -2.29. The molecular weight excluding hydrogens is 545 g/mol. The number of Topliss-reactive ketones (excluding diaryl/α,β-unsaturated/α-hetero) is 1. The number of hydrogen-bond donors (Lipinski definition) is 3. The number of methoxy groups -OCH3 is 2. The molecule has 10 nitrogen and oxygen atoms in total. The predicted octanol–water partition coefficient (Wildman–Crippen LogP) is 3.49. The number of allylic oxidation sites excluding steroid dienone is 5. The minimum Gasteiger partial charge on any atom is -0.439 e. The van der Waals surface area contributed by atoms with Crippen molar-refractivity contribution in [3.05, 3.63) is 58.5 Å². The molecule has 2 aliphatic carbocycles. The number of fused-ring (bicyclic) bond motifs is 2. The highest BCUT2D eigenvalue weighted by atomic mass is 19.1. The maximum atomic E-state index is 15.8. The molecular formula is C31H42FN3O7. The molecule has 4 N–H and O–H groups in total. The van der Waals surface area contributed by atoms with Crippen LogP contribution in [0.2, 0.25) is 0 Å². The quantitative estimate of drug-likeness (QED) is 0.327. The molecule has 0 saturated heterocycles. The molecule has 0 aromatic carbocycles. The van der Waals surface area contributed by atoms with Gasteiger partial charge in [-0.3, -0.25) is 14.4 Å². The monoisotopic (exact) mass is 587 g/mol. The van der Waals surface area contributed by atoms with Crippen molar-refractivity contribution in [3.8, 4) is 0 Å². The fourth-order valence-corrected chi connectivity index (χ4v) is 5.15. The summed E-state index contributed by atoms with van der Waals surface area (Å²) in [6.07, 6.45) is 4.57. The Morgan fingerprint density at radius 1 is 1.12 bits per heavy atom. The van der Waals surface area contributed by atoms with E-state index >= 15 is 4.39 Å². The van der Waals surface area contributed by atoms with Crippen LogP contribution in [0.1, 0.15) is 53.4 Å². The third-order valence-corrected chi connectivity index (χ3v) is 7.66. The summed E-state index contributed by atoms with van der Waals surface area (Å²) < 4.78 is 32.2. The number of nitrogens with two attached hydrogens (primary N) is 1. The van der Waals surface area contributed by atoms with Gasteiger partial charge in [-0.2, -0.15) is 0 Å². The second kappa shape index (κ2) is 14.6. The lowest BCUT2D eigenvalue weighted by molar-refractivity contribution is -0.120. The number of ketones is 2. The van der Waals surface area contributed by atoms with Crippen molar-refractivity contribution >= 4 is 23.6 Å². The van der Waals surface area contributed by atoms with E-state index in [4.69, 9.17) is 19.9 Å². The Hall–Kier alpha value is -3.57. The van der Waals surface area contributed by atoms with Gasteiger partial charge in [-0.05, 0) is 51.0 Å². The van der Waals surface area contributed by atoms with Gasteiger partial charge in [0.05, 0.1) is 17.5 Å². The van der Waals surface area contributed by atoms with Gasteiger partial charge in [0.1, 0.15) is 12.3 Å². The molecule has 42 heavy (non-hydrogen) atoms. The number of rotatable bonds is 5. The third kappa shape index (κ3) is 8.48. The maximum absolute atomic E-state index is 15.8. The minimum atomic E-state index is -1.44. The van der Waals surface area contributed by atoms with Crippen LogP contribution in [0.4, 0.5) is 9.18 Å². The maximum Gasteiger partial charge on any atom is 0.405 e. The number of hydrogen-bond acceptors (Lipinski definition) is 8. The van der Waals surface area contributed by atoms with E-state index in [9.17, 15) is 19.2 Å². The molecule has 1 aliphatic heterocycles. The number of halogens is 1. The van der Waals surface area contributed by atoms with Crippen LogP contribution in [0.3, 0.4) is 0 Å². The molecule has 1 heterocycles. The first-order valence-electron chi connectivity index (χ1n) is 14.2. The molecule has 11 heteroatoms. The molecule has 0 aromatic heterocycles. The van der Waals surface area contributed by atoms with Crippen LogP contribution in [0, 0.1) is 11.8 Å². The third-order valence-electron chi connectivity index (χ3n) is 7.66. The van der Waals surface area contributed by atoms with E-state index in [1.54, 1.807) is 32.9 Å². The largest absolute Gasteiger partial charge is 0.439 e. The summed E-state index contributed by atoms with van der Waals surface area (Å²) in [7, 11) is 2.84. The first-order chi connectivity index (χ1) is 19.9. The first-order valence-corrected chi connectivity index (χ1v) is 14.2. The summed E-state index contributed by atoms with van der Waals surface area (Å²) in [6, 6.07) is 0.120. The van der Waals surface area contributed by atoms with Crippen LogP contribution in [-0.2, 0) is 28.6 Å². The summed E-state index contributed by atoms with van der Waals surface area (Å²) in [5.41, 5.74) is 6.47. The van der Waals surface area contributed by atoms with Crippen LogP contribution in [0.15, 0.2) is 58.5 Å². The lowest BCUT2D eigenvalue weighted by atomic mass is 9.85. The Bertz CT molecular complexity index is 1230. The van der Waals surface area contributed by atoms with Crippen LogP contribution in [-0.4, -0.2) is 68.3 Å². The van der Waals surface area contributed by atoms with Gasteiger partial charge in [-0.15, -0.1) is 0 Å². The molecule has 2 bridgehead atoms. The summed E-state index contributed by atoms with van der Waals surface area (Å²) in [6.45, 7) is 6.79. The number of carbonyl (C=O) groups is 4. The molecule has 3 aliphatic rings. The highest BCUT2D eigenvalue weighted by Gasteiger charge is 2.35. The zero-order chi connectivity index (χ0) is 31.1. The van der Waals surface area contributed by atoms with E-state index in [2.05, 4.69) is 10.6 Å². The number of alkyl halides is 1. The van der Waals surface area contributed by atoms with E-state index in [0.29, 0.717) is 5.57 Å². The molecule has 0 spiro atoms. The summed E-state index contributed by atoms with van der Waals surface area (Å²) >= 11 is 0. The van der Waals surface area contributed by atoms with Crippen molar-refractivity contribution in [2.75, 3.05) is 14.2 Å². The predicted molar refractivity (Wildman–Crippen MR) is 155 cm³/mol. The van der Waals surface area contributed by atoms with Gasteiger partial charge in [-0.25, -0.2) is 9.18 Å². The molecule has 0 radical (unpaired) electrons. The Morgan fingerprint density at radius 3 is 2.40 bits per heavy atom. The summed E-state index contributed by atoms with van der Waals surface area (Å²) in [5.74, 6) is -2.31. The van der Waals surface area contributed by atoms with Crippen molar-refractivity contribution in [1.82, 2.24) is 10.6 Å². The second-order valence-corrected chi connectivity index (χ2v) is 11.3. The van der Waals surface area contributed by atoms with E-state index in [0.717, 1.165) is 18.9 Å². The molecule has 6 atom stereocenters. The molecule has 1 fully saturated rings. The molecule has 230 valence electrons. The fraction of sp³-hybridized carbons (Fsp3) is 0.548. The summed E-state index contributed by atoms with van der Waals surface area (Å²) in [4.78, 5) is 51.4. The van der Waals surface area contributed by atoms with Crippen LogP contribution in [0.5, 0.6) is 0 Å². The standard InChI is InChI=1S/C31H42FN3O7/c1-16-12-21-27(34-20-10-11-20)23(36)15-22(28(21)37)35-30(38)17(2)8-7-9-24(40-5)29(42-31(33)39)19(4)14-18(3)26(32)25(13-16)41-6/h7-9,14-16,18,20,24-26,29,34H,10-13H2,1-6H3,(H2,33,39)(H,35,38)/b9-7-,17-8+,19-14+/t16-,18+,24+,25+,26+,29+/m1/s1. The highest BCUT2D eigenvalue weighted by Crippen LogP contribution is 2.31. The summed E-state index contributed by atoms with van der Waals surface area (Å²) in [5, 5.41) is 5.75. The highest BCUT2D eigenvalue weighted by molar-refractivity contribution is 6.23. The van der Waals surface area contributed by atoms with E-state index in [1.165, 1.54) is 26.4 Å².